The minimum atomic E-state index is 0.447. The lowest BCUT2D eigenvalue weighted by molar-refractivity contribution is 0.696. The average Bonchev–Trinajstić information content (AvgIpc) is 3.46. The number of hydrogen-bond donors (Lipinski definition) is 1. The van der Waals surface area contributed by atoms with Gasteiger partial charge >= 0.3 is 0 Å². The zero-order valence-electron chi connectivity index (χ0n) is 18.3. The van der Waals surface area contributed by atoms with Gasteiger partial charge in [-0.2, -0.15) is 10.2 Å². The molecule has 0 amide bonds. The molecule has 0 bridgehead atoms. The number of rotatable bonds is 5. The molecule has 0 spiro atoms. The van der Waals surface area contributed by atoms with Crippen LogP contribution in [0.25, 0.3) is 38.8 Å². The molecule has 0 aliphatic heterocycles. The molecule has 0 atom stereocenters. The van der Waals surface area contributed by atoms with E-state index in [-0.39, 0.29) is 0 Å². The van der Waals surface area contributed by atoms with Crippen molar-refractivity contribution in [2.75, 3.05) is 5.73 Å². The molecule has 0 aliphatic rings. The van der Waals surface area contributed by atoms with Crippen molar-refractivity contribution in [2.45, 2.75) is 11.9 Å². The number of alkyl halides is 1. The van der Waals surface area contributed by atoms with Gasteiger partial charge in [0.1, 0.15) is 11.8 Å². The highest BCUT2D eigenvalue weighted by Crippen LogP contribution is 2.36. The highest BCUT2D eigenvalue weighted by atomic mass is 79.9. The molecule has 0 unspecified atom stereocenters. The minimum Gasteiger partial charge on any atom is -0.382 e. The van der Waals surface area contributed by atoms with Crippen LogP contribution in [0, 0.1) is 0 Å². The number of nitrogen functional groups attached to an aromatic ring is 1. The number of hydrogen-bond acceptors (Lipinski definition) is 4. The van der Waals surface area contributed by atoms with Gasteiger partial charge in [0.25, 0.3) is 0 Å². The Bertz CT molecular complexity index is 1630. The fraction of sp³-hybridized carbons (Fsp3) is 0.0741. The molecule has 166 valence electrons. The Kier molecular flexibility index (Phi) is 5.11. The molecule has 6 nitrogen and oxygen atoms in total. The minimum absolute atomic E-state index is 0.447. The summed E-state index contributed by atoms with van der Waals surface area (Å²) in [4.78, 5) is 4.27. The number of halogens is 1. The molecule has 2 N–H and O–H groups in total. The summed E-state index contributed by atoms with van der Waals surface area (Å²) in [5.74, 6) is 0.447. The van der Waals surface area contributed by atoms with E-state index in [0.717, 1.165) is 50.7 Å². The Morgan fingerprint density at radius 1 is 0.853 bits per heavy atom. The first-order valence-corrected chi connectivity index (χ1v) is 12.1. The smallest absolute Gasteiger partial charge is 0.152 e. The zero-order valence-corrected chi connectivity index (χ0v) is 19.9. The van der Waals surface area contributed by atoms with Crippen molar-refractivity contribution in [3.63, 3.8) is 0 Å². The van der Waals surface area contributed by atoms with Crippen molar-refractivity contribution in [2.24, 2.45) is 0 Å². The first-order valence-electron chi connectivity index (χ1n) is 11.0. The summed E-state index contributed by atoms with van der Waals surface area (Å²) in [5, 5.41) is 11.2. The number of benzene rings is 3. The Hall–Kier alpha value is -3.97. The third-order valence-corrected chi connectivity index (χ3v) is 6.66. The summed E-state index contributed by atoms with van der Waals surface area (Å²) in [6.07, 6.45) is 3.58. The fourth-order valence-corrected chi connectivity index (χ4v) is 4.74. The number of nitrogens with zero attached hydrogens (tertiary/aromatic N) is 5. The maximum Gasteiger partial charge on any atom is 0.152 e. The van der Waals surface area contributed by atoms with E-state index in [1.165, 1.54) is 17.5 Å². The molecule has 0 fully saturated rings. The van der Waals surface area contributed by atoms with Crippen molar-refractivity contribution in [3.05, 3.63) is 103 Å². The molecule has 6 aromatic rings. The van der Waals surface area contributed by atoms with Gasteiger partial charge in [-0.25, -0.2) is 9.50 Å². The van der Waals surface area contributed by atoms with E-state index in [1.807, 2.05) is 27.4 Å². The van der Waals surface area contributed by atoms with Gasteiger partial charge in [0, 0.05) is 28.0 Å². The molecule has 3 aromatic heterocycles. The van der Waals surface area contributed by atoms with Crippen molar-refractivity contribution in [1.82, 2.24) is 24.4 Å². The van der Waals surface area contributed by atoms with E-state index in [9.17, 15) is 0 Å². The topological polar surface area (TPSA) is 74.0 Å². The van der Waals surface area contributed by atoms with Crippen LogP contribution in [0.4, 0.5) is 5.82 Å². The van der Waals surface area contributed by atoms with E-state index >= 15 is 0 Å². The Morgan fingerprint density at radius 3 is 2.56 bits per heavy atom. The summed E-state index contributed by atoms with van der Waals surface area (Å²) >= 11 is 3.55. The maximum absolute atomic E-state index is 6.35. The summed E-state index contributed by atoms with van der Waals surface area (Å²) in [5.41, 5.74) is 14.5. The molecule has 0 saturated carbocycles. The standard InChI is InChI=1S/C27H21BrN6/c28-14-19-7-4-8-21(11-19)25-13-23(26-27(29)30-17-31-34(25)26)20-9-10-22-16-33(32-24(22)12-20)15-18-5-2-1-3-6-18/h1-13,16-17H,14-15H2,(H2,29,30,31). The molecule has 0 radical (unpaired) electrons. The highest BCUT2D eigenvalue weighted by molar-refractivity contribution is 9.08. The number of anilines is 1. The first kappa shape index (κ1) is 20.6. The summed E-state index contributed by atoms with van der Waals surface area (Å²) in [6, 6.07) is 27.2. The summed E-state index contributed by atoms with van der Waals surface area (Å²) in [7, 11) is 0. The largest absolute Gasteiger partial charge is 0.382 e. The first-order chi connectivity index (χ1) is 16.7. The Morgan fingerprint density at radius 2 is 1.71 bits per heavy atom. The third-order valence-electron chi connectivity index (χ3n) is 6.01. The Balaban J connectivity index is 1.47. The van der Waals surface area contributed by atoms with Crippen molar-refractivity contribution in [1.29, 1.82) is 0 Å². The van der Waals surface area contributed by atoms with E-state index in [1.54, 1.807) is 0 Å². The van der Waals surface area contributed by atoms with Gasteiger partial charge in [0.15, 0.2) is 5.82 Å². The lowest BCUT2D eigenvalue weighted by atomic mass is 10.0. The monoisotopic (exact) mass is 508 g/mol. The number of nitrogens with two attached hydrogens (primary N) is 1. The van der Waals surface area contributed by atoms with Crippen LogP contribution in [0.3, 0.4) is 0 Å². The van der Waals surface area contributed by atoms with Crippen LogP contribution < -0.4 is 5.73 Å². The number of fused-ring (bicyclic) bond motifs is 2. The molecule has 3 aromatic carbocycles. The second-order valence-corrected chi connectivity index (χ2v) is 8.83. The fourth-order valence-electron chi connectivity index (χ4n) is 4.39. The van der Waals surface area contributed by atoms with Crippen LogP contribution in [-0.2, 0) is 11.9 Å². The quantitative estimate of drug-likeness (QED) is 0.292. The van der Waals surface area contributed by atoms with Crippen LogP contribution in [-0.4, -0.2) is 24.4 Å². The van der Waals surface area contributed by atoms with Gasteiger partial charge in [-0.3, -0.25) is 4.68 Å². The summed E-state index contributed by atoms with van der Waals surface area (Å²) in [6.45, 7) is 0.731. The van der Waals surface area contributed by atoms with Gasteiger partial charge in [-0.05, 0) is 34.9 Å². The lowest BCUT2D eigenvalue weighted by Crippen LogP contribution is -2.00. The van der Waals surface area contributed by atoms with Gasteiger partial charge in [-0.1, -0.05) is 76.6 Å². The molecular weight excluding hydrogens is 488 g/mol. The molecule has 0 aliphatic carbocycles. The van der Waals surface area contributed by atoms with Crippen LogP contribution >= 0.6 is 15.9 Å². The molecular formula is C27H21BrN6. The maximum atomic E-state index is 6.35. The normalized spacial score (nSPS) is 11.4. The molecule has 0 saturated heterocycles. The van der Waals surface area contributed by atoms with E-state index in [4.69, 9.17) is 10.8 Å². The van der Waals surface area contributed by atoms with Gasteiger partial charge in [0.2, 0.25) is 0 Å². The second kappa shape index (κ2) is 8.43. The van der Waals surface area contributed by atoms with Crippen molar-refractivity contribution < 1.29 is 0 Å². The second-order valence-electron chi connectivity index (χ2n) is 8.27. The molecule has 6 rings (SSSR count). The zero-order chi connectivity index (χ0) is 23.1. The molecule has 7 heteroatoms. The van der Waals surface area contributed by atoms with Crippen LogP contribution in [0.15, 0.2) is 91.4 Å². The van der Waals surface area contributed by atoms with Gasteiger partial charge in [0.05, 0.1) is 17.8 Å². The Labute approximate surface area is 204 Å². The van der Waals surface area contributed by atoms with E-state index in [2.05, 4.69) is 92.9 Å². The van der Waals surface area contributed by atoms with Crippen LogP contribution in [0.2, 0.25) is 0 Å². The van der Waals surface area contributed by atoms with E-state index < -0.39 is 0 Å². The lowest BCUT2D eigenvalue weighted by Gasteiger charge is -2.05. The summed E-state index contributed by atoms with van der Waals surface area (Å²) < 4.78 is 3.86. The predicted molar refractivity (Wildman–Crippen MR) is 140 cm³/mol. The number of aromatic nitrogens is 5. The average molecular weight is 509 g/mol. The van der Waals surface area contributed by atoms with Crippen LogP contribution in [0.1, 0.15) is 11.1 Å². The SMILES string of the molecule is Nc1ncnn2c(-c3cccc(CBr)c3)cc(-c3ccc4cn(Cc5ccccc5)nc4c3)c12. The van der Waals surface area contributed by atoms with Gasteiger partial charge in [-0.15, -0.1) is 0 Å². The van der Waals surface area contributed by atoms with Crippen molar-refractivity contribution >= 4 is 38.2 Å². The third kappa shape index (κ3) is 3.64. The van der Waals surface area contributed by atoms with E-state index in [0.29, 0.717) is 5.82 Å². The molecule has 3 heterocycles. The van der Waals surface area contributed by atoms with Gasteiger partial charge < -0.3 is 5.73 Å². The van der Waals surface area contributed by atoms with Crippen molar-refractivity contribution in [3.8, 4) is 22.4 Å². The molecule has 34 heavy (non-hydrogen) atoms. The van der Waals surface area contributed by atoms with Crippen LogP contribution in [0.5, 0.6) is 0 Å². The predicted octanol–water partition coefficient (Wildman–Crippen LogP) is 5.94. The highest BCUT2D eigenvalue weighted by Gasteiger charge is 2.17.